The van der Waals surface area contributed by atoms with Gasteiger partial charge in [0.25, 0.3) is 11.5 Å². The summed E-state index contributed by atoms with van der Waals surface area (Å²) in [6.45, 7) is 7.19. The van der Waals surface area contributed by atoms with Crippen LogP contribution in [0.1, 0.15) is 30.5 Å². The van der Waals surface area contributed by atoms with E-state index in [2.05, 4.69) is 5.32 Å². The fourth-order valence-electron chi connectivity index (χ4n) is 4.18. The van der Waals surface area contributed by atoms with E-state index in [-0.39, 0.29) is 35.4 Å². The molecule has 2 aromatic heterocycles. The van der Waals surface area contributed by atoms with Crippen LogP contribution in [-0.2, 0) is 16.1 Å². The number of carbonyl (C=O) groups excluding carboxylic acids is 1. The summed E-state index contributed by atoms with van der Waals surface area (Å²) in [5.41, 5.74) is 2.02. The molecule has 1 fully saturated rings. The minimum absolute atomic E-state index is 0.0534. The molecule has 0 aliphatic carbocycles. The third kappa shape index (κ3) is 4.85. The molecule has 2 unspecified atom stereocenters. The van der Waals surface area contributed by atoms with Gasteiger partial charge in [0.2, 0.25) is 0 Å². The van der Waals surface area contributed by atoms with E-state index < -0.39 is 5.91 Å². The number of amides is 1. The van der Waals surface area contributed by atoms with Gasteiger partial charge in [-0.2, -0.15) is 5.26 Å². The average Bonchev–Trinajstić information content (AvgIpc) is 2.82. The van der Waals surface area contributed by atoms with Crippen molar-refractivity contribution < 1.29 is 9.53 Å². The molecule has 8 nitrogen and oxygen atoms in total. The molecule has 34 heavy (non-hydrogen) atoms. The van der Waals surface area contributed by atoms with Gasteiger partial charge in [-0.1, -0.05) is 36.4 Å². The summed E-state index contributed by atoms with van der Waals surface area (Å²) in [5, 5.41) is 12.5. The molecular weight excluding hydrogens is 430 g/mol. The lowest BCUT2D eigenvalue weighted by Gasteiger charge is -2.36. The van der Waals surface area contributed by atoms with Crippen LogP contribution in [0.5, 0.6) is 0 Å². The van der Waals surface area contributed by atoms with E-state index in [1.165, 1.54) is 10.5 Å². The summed E-state index contributed by atoms with van der Waals surface area (Å²) >= 11 is 0. The smallest absolute Gasteiger partial charge is 0.267 e. The van der Waals surface area contributed by atoms with Crippen LogP contribution >= 0.6 is 0 Å². The Morgan fingerprint density at radius 3 is 2.59 bits per heavy atom. The maximum Gasteiger partial charge on any atom is 0.267 e. The molecule has 1 saturated heterocycles. The Labute approximate surface area is 198 Å². The van der Waals surface area contributed by atoms with E-state index in [4.69, 9.17) is 9.72 Å². The summed E-state index contributed by atoms with van der Waals surface area (Å²) in [5.74, 6) is -0.0975. The number of anilines is 1. The molecule has 1 amide bonds. The van der Waals surface area contributed by atoms with Gasteiger partial charge in [-0.3, -0.25) is 14.0 Å². The number of aryl methyl sites for hydroxylation is 1. The predicted octanol–water partition coefficient (Wildman–Crippen LogP) is 2.84. The van der Waals surface area contributed by atoms with Crippen LogP contribution in [0.25, 0.3) is 11.7 Å². The number of benzene rings is 1. The van der Waals surface area contributed by atoms with E-state index in [1.54, 1.807) is 12.3 Å². The third-order valence-corrected chi connectivity index (χ3v) is 5.73. The molecule has 174 valence electrons. The van der Waals surface area contributed by atoms with Crippen LogP contribution < -0.4 is 15.8 Å². The first-order valence-electron chi connectivity index (χ1n) is 11.2. The van der Waals surface area contributed by atoms with Crippen molar-refractivity contribution in [2.45, 2.75) is 39.5 Å². The van der Waals surface area contributed by atoms with E-state index >= 15 is 0 Å². The van der Waals surface area contributed by atoms with Crippen molar-refractivity contribution in [1.29, 1.82) is 5.26 Å². The van der Waals surface area contributed by atoms with E-state index in [0.717, 1.165) is 11.1 Å². The number of pyridine rings is 1. The molecule has 1 aliphatic rings. The van der Waals surface area contributed by atoms with Crippen molar-refractivity contribution in [3.05, 3.63) is 81.3 Å². The van der Waals surface area contributed by atoms with E-state index in [9.17, 15) is 14.9 Å². The molecule has 2 atom stereocenters. The number of carbonyl (C=O) groups is 1. The Morgan fingerprint density at radius 2 is 1.91 bits per heavy atom. The molecule has 4 rings (SSSR count). The summed E-state index contributed by atoms with van der Waals surface area (Å²) in [7, 11) is 0. The molecule has 1 aliphatic heterocycles. The number of hydrogen-bond acceptors (Lipinski definition) is 6. The molecule has 0 spiro atoms. The Balaban J connectivity index is 1.78. The van der Waals surface area contributed by atoms with Crippen LogP contribution in [0, 0.1) is 18.3 Å². The van der Waals surface area contributed by atoms with Crippen LogP contribution in [-0.4, -0.2) is 40.6 Å². The number of rotatable bonds is 5. The zero-order valence-corrected chi connectivity index (χ0v) is 19.5. The Kier molecular flexibility index (Phi) is 6.75. The number of fused-ring (bicyclic) bond motifs is 1. The lowest BCUT2D eigenvalue weighted by molar-refractivity contribution is -0.117. The van der Waals surface area contributed by atoms with Crippen LogP contribution in [0.4, 0.5) is 5.82 Å². The van der Waals surface area contributed by atoms with Gasteiger partial charge in [-0.15, -0.1) is 0 Å². The second-order valence-corrected chi connectivity index (χ2v) is 8.54. The number of nitrogens with one attached hydrogen (secondary N) is 1. The number of morpholine rings is 1. The Hall–Kier alpha value is -3.96. The molecular formula is C26H27N5O3. The zero-order valence-electron chi connectivity index (χ0n) is 19.5. The number of nitrogens with zero attached hydrogens (tertiary/aromatic N) is 4. The second-order valence-electron chi connectivity index (χ2n) is 8.54. The molecule has 1 N–H and O–H groups in total. The van der Waals surface area contributed by atoms with Crippen LogP contribution in [0.15, 0.2) is 59.0 Å². The largest absolute Gasteiger partial charge is 0.372 e. The number of aromatic nitrogens is 2. The monoisotopic (exact) mass is 457 g/mol. The van der Waals surface area contributed by atoms with Crippen LogP contribution in [0.3, 0.4) is 0 Å². The molecule has 0 bridgehead atoms. The molecule has 3 aromatic rings. The Bertz CT molecular complexity index is 1330. The summed E-state index contributed by atoms with van der Waals surface area (Å²) in [6, 6.07) is 15.0. The van der Waals surface area contributed by atoms with Gasteiger partial charge in [0, 0.05) is 25.8 Å². The summed E-state index contributed by atoms with van der Waals surface area (Å²) in [6.07, 6.45) is 2.89. The predicted molar refractivity (Wildman–Crippen MR) is 130 cm³/mol. The van der Waals surface area contributed by atoms with Crippen molar-refractivity contribution in [2.75, 3.05) is 18.0 Å². The highest BCUT2D eigenvalue weighted by atomic mass is 16.5. The lowest BCUT2D eigenvalue weighted by Crippen LogP contribution is -2.46. The van der Waals surface area contributed by atoms with Crippen molar-refractivity contribution >= 4 is 23.4 Å². The zero-order chi connectivity index (χ0) is 24.2. The summed E-state index contributed by atoms with van der Waals surface area (Å²) in [4.78, 5) is 33.2. The van der Waals surface area contributed by atoms with Gasteiger partial charge in [0.15, 0.2) is 0 Å². The fraction of sp³-hybridized carbons (Fsp3) is 0.308. The normalized spacial score (nSPS) is 18.5. The lowest BCUT2D eigenvalue weighted by atomic mass is 10.1. The second kappa shape index (κ2) is 9.89. The quantitative estimate of drug-likeness (QED) is 0.467. The number of ether oxygens (including phenoxy) is 1. The van der Waals surface area contributed by atoms with E-state index in [0.29, 0.717) is 24.6 Å². The highest BCUT2D eigenvalue weighted by molar-refractivity contribution is 6.02. The van der Waals surface area contributed by atoms with Gasteiger partial charge in [0.1, 0.15) is 23.1 Å². The van der Waals surface area contributed by atoms with Gasteiger partial charge >= 0.3 is 0 Å². The third-order valence-electron chi connectivity index (χ3n) is 5.73. The first kappa shape index (κ1) is 23.2. The van der Waals surface area contributed by atoms with Crippen molar-refractivity contribution in [3.63, 3.8) is 0 Å². The highest BCUT2D eigenvalue weighted by Crippen LogP contribution is 2.24. The standard InChI is InChI=1S/C26H27N5O3/c1-17-8-7-11-31-23(17)29-24(30-15-18(2)34-19(3)16-30)22(26(31)33)12-21(13-27)25(32)28-14-20-9-5-4-6-10-20/h4-12,18-19H,14-16H2,1-3H3,(H,28,32). The maximum atomic E-state index is 13.5. The number of nitriles is 1. The molecule has 0 radical (unpaired) electrons. The van der Waals surface area contributed by atoms with Crippen molar-refractivity contribution in [1.82, 2.24) is 14.7 Å². The van der Waals surface area contributed by atoms with Crippen molar-refractivity contribution in [2.24, 2.45) is 0 Å². The maximum absolute atomic E-state index is 13.5. The molecule has 8 heteroatoms. The van der Waals surface area contributed by atoms with Gasteiger partial charge in [0.05, 0.1) is 17.8 Å². The minimum atomic E-state index is -0.547. The molecule has 3 heterocycles. The average molecular weight is 458 g/mol. The first-order chi connectivity index (χ1) is 16.4. The Morgan fingerprint density at radius 1 is 1.21 bits per heavy atom. The van der Waals surface area contributed by atoms with Crippen molar-refractivity contribution in [3.8, 4) is 6.07 Å². The SMILES string of the molecule is Cc1cccn2c(=O)c(C=C(C#N)C(=O)NCc3ccccc3)c(N3CC(C)OC(C)C3)nc12. The topological polar surface area (TPSA) is 99.7 Å². The first-order valence-corrected chi connectivity index (χ1v) is 11.2. The van der Waals surface area contributed by atoms with Gasteiger partial charge in [-0.05, 0) is 44.0 Å². The molecule has 1 aromatic carbocycles. The number of hydrogen-bond donors (Lipinski definition) is 1. The summed E-state index contributed by atoms with van der Waals surface area (Å²) < 4.78 is 7.30. The fourth-order valence-corrected chi connectivity index (χ4v) is 4.18. The minimum Gasteiger partial charge on any atom is -0.372 e. The van der Waals surface area contributed by atoms with Gasteiger partial charge < -0.3 is 15.0 Å². The highest BCUT2D eigenvalue weighted by Gasteiger charge is 2.27. The van der Waals surface area contributed by atoms with Gasteiger partial charge in [-0.25, -0.2) is 4.98 Å². The van der Waals surface area contributed by atoms with Crippen LogP contribution in [0.2, 0.25) is 0 Å². The van der Waals surface area contributed by atoms with E-state index in [1.807, 2.05) is 68.1 Å². The molecule has 0 saturated carbocycles.